The molecule has 0 saturated heterocycles. The Morgan fingerprint density at radius 3 is 2.61 bits per heavy atom. The summed E-state index contributed by atoms with van der Waals surface area (Å²) in [5, 5.41) is 11.7. The quantitative estimate of drug-likeness (QED) is 0.835. The Bertz CT molecular complexity index is 444. The van der Waals surface area contributed by atoms with Crippen molar-refractivity contribution in [2.24, 2.45) is 11.8 Å². The van der Waals surface area contributed by atoms with Gasteiger partial charge in [-0.1, -0.05) is 20.8 Å². The Labute approximate surface area is 106 Å². The molecule has 2 N–H and O–H groups in total. The van der Waals surface area contributed by atoms with E-state index in [2.05, 4.69) is 24.1 Å². The second-order valence-corrected chi connectivity index (χ2v) is 4.64. The number of carboxylic acids is 1. The molecule has 0 saturated carbocycles. The highest BCUT2D eigenvalue weighted by atomic mass is 16.4. The Morgan fingerprint density at radius 2 is 2.06 bits per heavy atom. The van der Waals surface area contributed by atoms with Gasteiger partial charge in [-0.25, -0.2) is 4.79 Å². The van der Waals surface area contributed by atoms with E-state index in [1.54, 1.807) is 0 Å². The van der Waals surface area contributed by atoms with Crippen molar-refractivity contribution in [2.75, 3.05) is 6.54 Å². The topological polar surface area (TPSA) is 79.3 Å². The van der Waals surface area contributed by atoms with Crippen molar-refractivity contribution in [3.05, 3.63) is 29.6 Å². The number of carbonyl (C=O) groups excluding carboxylic acids is 1. The summed E-state index contributed by atoms with van der Waals surface area (Å²) in [6.07, 6.45) is 1.41. The lowest BCUT2D eigenvalue weighted by Gasteiger charge is -2.16. The lowest BCUT2D eigenvalue weighted by Crippen LogP contribution is -2.31. The minimum atomic E-state index is -1.15. The molecule has 1 aromatic heterocycles. The number of pyridine rings is 1. The van der Waals surface area contributed by atoms with Gasteiger partial charge in [0, 0.05) is 12.7 Å². The van der Waals surface area contributed by atoms with Crippen LogP contribution in [0.25, 0.3) is 0 Å². The number of aromatic carboxylic acids is 1. The van der Waals surface area contributed by atoms with E-state index >= 15 is 0 Å². The van der Waals surface area contributed by atoms with E-state index in [-0.39, 0.29) is 11.3 Å². The van der Waals surface area contributed by atoms with E-state index in [1.807, 2.05) is 6.92 Å². The highest BCUT2D eigenvalue weighted by Gasteiger charge is 2.18. The van der Waals surface area contributed by atoms with Gasteiger partial charge in [0.1, 0.15) is 5.69 Å². The minimum absolute atomic E-state index is 0.0408. The fraction of sp³-hybridized carbons (Fsp3) is 0.462. The summed E-state index contributed by atoms with van der Waals surface area (Å²) < 4.78 is 0. The van der Waals surface area contributed by atoms with Gasteiger partial charge in [-0.3, -0.25) is 9.78 Å². The molecule has 0 aromatic carbocycles. The van der Waals surface area contributed by atoms with Crippen LogP contribution in [0.3, 0.4) is 0 Å². The summed E-state index contributed by atoms with van der Waals surface area (Å²) in [4.78, 5) is 26.6. The molecule has 0 aliphatic rings. The molecule has 1 amide bonds. The molecule has 1 unspecified atom stereocenters. The molecular weight excluding hydrogens is 232 g/mol. The zero-order chi connectivity index (χ0) is 13.7. The second-order valence-electron chi connectivity index (χ2n) is 4.64. The van der Waals surface area contributed by atoms with Gasteiger partial charge < -0.3 is 10.4 Å². The van der Waals surface area contributed by atoms with Gasteiger partial charge in [-0.15, -0.1) is 0 Å². The predicted octanol–water partition coefficient (Wildman–Crippen LogP) is 1.80. The lowest BCUT2D eigenvalue weighted by atomic mass is 9.98. The molecule has 1 atom stereocenters. The zero-order valence-electron chi connectivity index (χ0n) is 10.8. The molecular formula is C13H18N2O3. The number of nitrogens with one attached hydrogen (secondary N) is 1. The number of carbonyl (C=O) groups is 2. The SMILES string of the molecule is CC(C)C(C)CNC(=O)c1ncccc1C(=O)O. The van der Waals surface area contributed by atoms with Crippen molar-refractivity contribution in [1.29, 1.82) is 0 Å². The predicted molar refractivity (Wildman–Crippen MR) is 67.5 cm³/mol. The average Bonchev–Trinajstić information content (AvgIpc) is 2.35. The number of rotatable bonds is 5. The molecule has 0 radical (unpaired) electrons. The van der Waals surface area contributed by atoms with Crippen LogP contribution < -0.4 is 5.32 Å². The molecule has 1 rings (SSSR count). The average molecular weight is 250 g/mol. The van der Waals surface area contributed by atoms with Crippen molar-refractivity contribution in [3.8, 4) is 0 Å². The summed E-state index contributed by atoms with van der Waals surface area (Å²) in [6.45, 7) is 6.67. The van der Waals surface area contributed by atoms with Crippen molar-refractivity contribution in [3.63, 3.8) is 0 Å². The maximum absolute atomic E-state index is 11.9. The van der Waals surface area contributed by atoms with Crippen LogP contribution in [-0.4, -0.2) is 28.5 Å². The first kappa shape index (κ1) is 14.2. The molecule has 0 spiro atoms. The fourth-order valence-electron chi connectivity index (χ4n) is 1.33. The van der Waals surface area contributed by atoms with Crippen molar-refractivity contribution in [1.82, 2.24) is 10.3 Å². The summed E-state index contributed by atoms with van der Waals surface area (Å²) in [7, 11) is 0. The first-order valence-corrected chi connectivity index (χ1v) is 5.90. The number of aromatic nitrogens is 1. The Balaban J connectivity index is 2.76. The van der Waals surface area contributed by atoms with Crippen LogP contribution in [0.5, 0.6) is 0 Å². The normalized spacial score (nSPS) is 12.2. The first-order chi connectivity index (χ1) is 8.43. The number of hydrogen-bond donors (Lipinski definition) is 2. The summed E-state index contributed by atoms with van der Waals surface area (Å²) >= 11 is 0. The van der Waals surface area contributed by atoms with Gasteiger partial charge in [0.2, 0.25) is 0 Å². The van der Waals surface area contributed by atoms with E-state index < -0.39 is 11.9 Å². The molecule has 5 nitrogen and oxygen atoms in total. The van der Waals surface area contributed by atoms with E-state index in [0.717, 1.165) is 0 Å². The van der Waals surface area contributed by atoms with Crippen molar-refractivity contribution >= 4 is 11.9 Å². The molecule has 0 fully saturated rings. The summed E-state index contributed by atoms with van der Waals surface area (Å²) in [6, 6.07) is 2.87. The highest BCUT2D eigenvalue weighted by Crippen LogP contribution is 2.09. The molecule has 0 aliphatic carbocycles. The highest BCUT2D eigenvalue weighted by molar-refractivity contribution is 6.03. The first-order valence-electron chi connectivity index (χ1n) is 5.90. The van der Waals surface area contributed by atoms with Crippen LogP contribution >= 0.6 is 0 Å². The number of carboxylic acid groups (broad SMARTS) is 1. The van der Waals surface area contributed by atoms with E-state index in [1.165, 1.54) is 18.3 Å². The molecule has 1 aromatic rings. The van der Waals surface area contributed by atoms with Gasteiger partial charge in [-0.2, -0.15) is 0 Å². The monoisotopic (exact) mass is 250 g/mol. The van der Waals surface area contributed by atoms with Crippen LogP contribution in [0.2, 0.25) is 0 Å². The van der Waals surface area contributed by atoms with Crippen LogP contribution in [0.4, 0.5) is 0 Å². The maximum atomic E-state index is 11.9. The van der Waals surface area contributed by atoms with E-state index in [4.69, 9.17) is 5.11 Å². The van der Waals surface area contributed by atoms with Gasteiger partial charge in [0.05, 0.1) is 5.56 Å². The van der Waals surface area contributed by atoms with Crippen molar-refractivity contribution < 1.29 is 14.7 Å². The van der Waals surface area contributed by atoms with Crippen LogP contribution in [0.1, 0.15) is 41.6 Å². The smallest absolute Gasteiger partial charge is 0.338 e. The fourth-order valence-corrected chi connectivity index (χ4v) is 1.33. The Hall–Kier alpha value is -1.91. The van der Waals surface area contributed by atoms with Crippen molar-refractivity contribution in [2.45, 2.75) is 20.8 Å². The van der Waals surface area contributed by atoms with Crippen LogP contribution in [0, 0.1) is 11.8 Å². The maximum Gasteiger partial charge on any atom is 0.338 e. The summed E-state index contributed by atoms with van der Waals surface area (Å²) in [5.74, 6) is -0.815. The molecule has 0 bridgehead atoms. The molecule has 18 heavy (non-hydrogen) atoms. The summed E-state index contributed by atoms with van der Waals surface area (Å²) in [5.41, 5.74) is -0.117. The van der Waals surface area contributed by atoms with E-state index in [0.29, 0.717) is 18.4 Å². The Morgan fingerprint density at radius 1 is 1.39 bits per heavy atom. The second kappa shape index (κ2) is 6.14. The number of amides is 1. The number of nitrogens with zero attached hydrogens (tertiary/aromatic N) is 1. The third-order valence-corrected chi connectivity index (χ3v) is 2.98. The van der Waals surface area contributed by atoms with Crippen LogP contribution in [-0.2, 0) is 0 Å². The van der Waals surface area contributed by atoms with Gasteiger partial charge >= 0.3 is 5.97 Å². The van der Waals surface area contributed by atoms with E-state index in [9.17, 15) is 9.59 Å². The van der Waals surface area contributed by atoms with Gasteiger partial charge in [0.25, 0.3) is 5.91 Å². The lowest BCUT2D eigenvalue weighted by molar-refractivity contribution is 0.0689. The molecule has 98 valence electrons. The van der Waals surface area contributed by atoms with Crippen LogP contribution in [0.15, 0.2) is 18.3 Å². The standard InChI is InChI=1S/C13H18N2O3/c1-8(2)9(3)7-15-12(16)11-10(13(17)18)5-4-6-14-11/h4-6,8-9H,7H2,1-3H3,(H,15,16)(H,17,18). The molecule has 0 aliphatic heterocycles. The minimum Gasteiger partial charge on any atom is -0.478 e. The molecule has 1 heterocycles. The third kappa shape index (κ3) is 3.55. The number of hydrogen-bond acceptors (Lipinski definition) is 3. The zero-order valence-corrected chi connectivity index (χ0v) is 10.8. The molecule has 5 heteroatoms. The van der Waals surface area contributed by atoms with Gasteiger partial charge in [0.15, 0.2) is 0 Å². The van der Waals surface area contributed by atoms with Gasteiger partial charge in [-0.05, 0) is 24.0 Å². The largest absolute Gasteiger partial charge is 0.478 e. The Kier molecular flexibility index (Phi) is 4.83. The third-order valence-electron chi connectivity index (χ3n) is 2.98.